The summed E-state index contributed by atoms with van der Waals surface area (Å²) in [5.41, 5.74) is 1.43. The Morgan fingerprint density at radius 1 is 0.774 bits per heavy atom. The molecule has 5 heteroatoms. The third-order valence-corrected chi connectivity index (χ3v) is 5.13. The smallest absolute Gasteiger partial charge is 0.294 e. The molecular weight excluding hydrogens is 390 g/mol. The highest BCUT2D eigenvalue weighted by atomic mass is 16.5. The van der Waals surface area contributed by atoms with Crippen LogP contribution < -0.4 is 19.8 Å². The molecule has 0 saturated heterocycles. The number of H-pyrrole nitrogens is 1. The van der Waals surface area contributed by atoms with Crippen molar-refractivity contribution in [3.8, 4) is 17.2 Å². The molecule has 0 aliphatic carbocycles. The maximum Gasteiger partial charge on any atom is 0.294 e. The van der Waals surface area contributed by atoms with Crippen LogP contribution in [0.2, 0.25) is 0 Å². The molecule has 1 heterocycles. The molecule has 0 unspecified atom stereocenters. The average molecular weight is 424 g/mol. The Morgan fingerprint density at radius 3 is 2.32 bits per heavy atom. The van der Waals surface area contributed by atoms with Gasteiger partial charge in [-0.1, -0.05) is 69.9 Å². The summed E-state index contributed by atoms with van der Waals surface area (Å²) in [5, 5.41) is 0.807. The molecule has 1 aromatic heterocycles. The fraction of sp³-hybridized carbons (Fsp3) is 0.423. The van der Waals surface area contributed by atoms with E-state index in [9.17, 15) is 4.79 Å². The highest BCUT2D eigenvalue weighted by molar-refractivity contribution is 5.88. The van der Waals surface area contributed by atoms with Crippen LogP contribution in [-0.4, -0.2) is 18.2 Å². The first-order chi connectivity index (χ1) is 15.2. The zero-order valence-corrected chi connectivity index (χ0v) is 18.6. The Bertz CT molecular complexity index is 997. The molecule has 1 N–H and O–H groups in total. The number of fused-ring (bicyclic) bond motifs is 1. The number of hydrogen-bond acceptors (Lipinski definition) is 4. The monoisotopic (exact) mass is 423 g/mol. The third-order valence-electron chi connectivity index (χ3n) is 5.13. The lowest BCUT2D eigenvalue weighted by Gasteiger charge is -2.15. The number of benzene rings is 2. The molecule has 0 radical (unpaired) electrons. The first-order valence-electron chi connectivity index (χ1n) is 11.3. The van der Waals surface area contributed by atoms with E-state index in [4.69, 9.17) is 14.2 Å². The SMILES string of the molecule is CCCCCCOc1c(OCc2ccccc2)c2ccc(OCCCC)cc2[nH]c1=O. The van der Waals surface area contributed by atoms with Crippen molar-refractivity contribution >= 4 is 10.9 Å². The summed E-state index contributed by atoms with van der Waals surface area (Å²) in [5.74, 6) is 1.47. The molecule has 0 aliphatic heterocycles. The first kappa shape index (κ1) is 22.7. The second-order valence-electron chi connectivity index (χ2n) is 7.71. The number of ether oxygens (including phenoxy) is 3. The predicted octanol–water partition coefficient (Wildman–Crippen LogP) is 6.25. The van der Waals surface area contributed by atoms with Gasteiger partial charge < -0.3 is 19.2 Å². The standard InChI is InChI=1S/C26H33NO4/c1-3-5-7-11-17-30-25-24(31-19-20-12-9-8-10-13-20)22-15-14-21(29-16-6-4-2)18-23(22)27-26(25)28/h8-10,12-15,18H,3-7,11,16-17,19H2,1-2H3,(H,27,28). The highest BCUT2D eigenvalue weighted by Crippen LogP contribution is 2.34. The van der Waals surface area contributed by atoms with Crippen LogP contribution in [0, 0.1) is 0 Å². The Hall–Kier alpha value is -2.95. The van der Waals surface area contributed by atoms with Crippen molar-refractivity contribution < 1.29 is 14.2 Å². The van der Waals surface area contributed by atoms with Gasteiger partial charge in [-0.15, -0.1) is 0 Å². The normalized spacial score (nSPS) is 10.9. The third kappa shape index (κ3) is 6.51. The minimum Gasteiger partial charge on any atom is -0.494 e. The van der Waals surface area contributed by atoms with Crippen molar-refractivity contribution in [1.82, 2.24) is 4.98 Å². The average Bonchev–Trinajstić information content (AvgIpc) is 2.79. The van der Waals surface area contributed by atoms with E-state index in [0.29, 0.717) is 31.1 Å². The van der Waals surface area contributed by atoms with Crippen LogP contribution in [0.5, 0.6) is 17.2 Å². The van der Waals surface area contributed by atoms with Crippen molar-refractivity contribution in [2.24, 2.45) is 0 Å². The Balaban J connectivity index is 1.88. The molecule has 0 fully saturated rings. The van der Waals surface area contributed by atoms with E-state index in [1.807, 2.05) is 48.5 Å². The molecule has 0 spiro atoms. The summed E-state index contributed by atoms with van der Waals surface area (Å²) in [6, 6.07) is 15.6. The Labute approximate surface area is 184 Å². The molecular formula is C26H33NO4. The van der Waals surface area contributed by atoms with Crippen LogP contribution in [0.25, 0.3) is 10.9 Å². The van der Waals surface area contributed by atoms with Crippen LogP contribution in [0.4, 0.5) is 0 Å². The fourth-order valence-corrected chi connectivity index (χ4v) is 3.36. The molecule has 0 bridgehead atoms. The van der Waals surface area contributed by atoms with Crippen LogP contribution in [0.15, 0.2) is 53.3 Å². The number of unbranched alkanes of at least 4 members (excludes halogenated alkanes) is 4. The molecule has 2 aromatic carbocycles. The van der Waals surface area contributed by atoms with Crippen LogP contribution in [0.1, 0.15) is 57.9 Å². The van der Waals surface area contributed by atoms with Gasteiger partial charge in [0.1, 0.15) is 12.4 Å². The van der Waals surface area contributed by atoms with E-state index in [1.165, 1.54) is 0 Å². The molecule has 0 atom stereocenters. The summed E-state index contributed by atoms with van der Waals surface area (Å²) in [7, 11) is 0. The van der Waals surface area contributed by atoms with Crippen molar-refractivity contribution in [3.63, 3.8) is 0 Å². The maximum atomic E-state index is 12.9. The molecule has 0 amide bonds. The Morgan fingerprint density at radius 2 is 1.55 bits per heavy atom. The van der Waals surface area contributed by atoms with Gasteiger partial charge in [0.25, 0.3) is 5.56 Å². The van der Waals surface area contributed by atoms with Crippen LogP contribution >= 0.6 is 0 Å². The highest BCUT2D eigenvalue weighted by Gasteiger charge is 2.17. The van der Waals surface area contributed by atoms with Crippen LogP contribution in [-0.2, 0) is 6.61 Å². The summed E-state index contributed by atoms with van der Waals surface area (Å²) in [4.78, 5) is 15.8. The van der Waals surface area contributed by atoms with E-state index >= 15 is 0 Å². The molecule has 0 saturated carbocycles. The molecule has 3 rings (SSSR count). The molecule has 5 nitrogen and oxygen atoms in total. The van der Waals surface area contributed by atoms with Crippen molar-refractivity contribution in [2.45, 2.75) is 59.0 Å². The number of nitrogens with one attached hydrogen (secondary N) is 1. The number of aromatic amines is 1. The molecule has 3 aromatic rings. The van der Waals surface area contributed by atoms with Gasteiger partial charge in [0.05, 0.1) is 18.7 Å². The van der Waals surface area contributed by atoms with Crippen molar-refractivity contribution in [2.75, 3.05) is 13.2 Å². The number of aromatic nitrogens is 1. The van der Waals surface area contributed by atoms with Gasteiger partial charge in [-0.05, 0) is 30.5 Å². The largest absolute Gasteiger partial charge is 0.494 e. The van der Waals surface area contributed by atoms with E-state index in [-0.39, 0.29) is 11.3 Å². The minimum atomic E-state index is -0.281. The van der Waals surface area contributed by atoms with Gasteiger partial charge in [0.15, 0.2) is 5.75 Å². The molecule has 0 aliphatic rings. The summed E-state index contributed by atoms with van der Waals surface area (Å²) < 4.78 is 17.9. The molecule has 166 valence electrons. The van der Waals surface area contributed by atoms with Crippen molar-refractivity contribution in [3.05, 3.63) is 64.4 Å². The van der Waals surface area contributed by atoms with Crippen molar-refractivity contribution in [1.29, 1.82) is 0 Å². The van der Waals surface area contributed by atoms with Gasteiger partial charge in [0, 0.05) is 11.5 Å². The zero-order chi connectivity index (χ0) is 21.9. The summed E-state index contributed by atoms with van der Waals surface area (Å²) in [6.45, 7) is 5.81. The Kier molecular flexibility index (Phi) is 8.83. The fourth-order valence-electron chi connectivity index (χ4n) is 3.36. The number of pyridine rings is 1. The molecule has 31 heavy (non-hydrogen) atoms. The maximum absolute atomic E-state index is 12.9. The van der Waals surface area contributed by atoms with E-state index in [2.05, 4.69) is 18.8 Å². The quantitative estimate of drug-likeness (QED) is 0.330. The van der Waals surface area contributed by atoms with Gasteiger partial charge in [0.2, 0.25) is 5.75 Å². The van der Waals surface area contributed by atoms with Crippen LogP contribution in [0.3, 0.4) is 0 Å². The number of hydrogen-bond donors (Lipinski definition) is 1. The van der Waals surface area contributed by atoms with Gasteiger partial charge in [-0.2, -0.15) is 0 Å². The second kappa shape index (κ2) is 12.0. The van der Waals surface area contributed by atoms with E-state index < -0.39 is 0 Å². The summed E-state index contributed by atoms with van der Waals surface area (Å²) >= 11 is 0. The lowest BCUT2D eigenvalue weighted by atomic mass is 10.1. The lowest BCUT2D eigenvalue weighted by molar-refractivity contribution is 0.257. The van der Waals surface area contributed by atoms with Gasteiger partial charge in [-0.3, -0.25) is 4.79 Å². The van der Waals surface area contributed by atoms with E-state index in [0.717, 1.165) is 55.2 Å². The number of rotatable bonds is 13. The first-order valence-corrected chi connectivity index (χ1v) is 11.3. The van der Waals surface area contributed by atoms with Gasteiger partial charge >= 0.3 is 0 Å². The minimum absolute atomic E-state index is 0.250. The predicted molar refractivity (Wildman–Crippen MR) is 125 cm³/mol. The lowest BCUT2D eigenvalue weighted by Crippen LogP contribution is -2.14. The topological polar surface area (TPSA) is 60.6 Å². The van der Waals surface area contributed by atoms with E-state index in [1.54, 1.807) is 0 Å². The zero-order valence-electron chi connectivity index (χ0n) is 18.6. The van der Waals surface area contributed by atoms with Gasteiger partial charge in [-0.25, -0.2) is 0 Å². The second-order valence-corrected chi connectivity index (χ2v) is 7.71. The summed E-state index contributed by atoms with van der Waals surface area (Å²) in [6.07, 6.45) is 6.38.